The minimum atomic E-state index is -0.0378. The zero-order valence-electron chi connectivity index (χ0n) is 11.8. The van der Waals surface area contributed by atoms with Crippen LogP contribution in [0.1, 0.15) is 18.7 Å². The van der Waals surface area contributed by atoms with E-state index in [1.54, 1.807) is 23.9 Å². The van der Waals surface area contributed by atoms with Gasteiger partial charge in [-0.1, -0.05) is 0 Å². The van der Waals surface area contributed by atoms with Crippen molar-refractivity contribution in [3.8, 4) is 0 Å². The fourth-order valence-electron chi connectivity index (χ4n) is 2.25. The van der Waals surface area contributed by atoms with Gasteiger partial charge in [0.1, 0.15) is 12.2 Å². The fraction of sp³-hybridized carbons (Fsp3) is 0.667. The number of amides is 3. The van der Waals surface area contributed by atoms with Crippen molar-refractivity contribution in [2.45, 2.75) is 19.4 Å². The molecule has 0 saturated carbocycles. The summed E-state index contributed by atoms with van der Waals surface area (Å²) >= 11 is 0. The van der Waals surface area contributed by atoms with Crippen LogP contribution in [0.2, 0.25) is 0 Å². The van der Waals surface area contributed by atoms with E-state index in [4.69, 9.17) is 0 Å². The molecule has 2 heterocycles. The molecule has 1 aromatic heterocycles. The van der Waals surface area contributed by atoms with Gasteiger partial charge >= 0.3 is 6.03 Å². The molecule has 0 bridgehead atoms. The summed E-state index contributed by atoms with van der Waals surface area (Å²) in [5, 5.41) is 9.25. The summed E-state index contributed by atoms with van der Waals surface area (Å²) in [5.41, 5.74) is 0. The molecule has 20 heavy (non-hydrogen) atoms. The van der Waals surface area contributed by atoms with E-state index < -0.39 is 0 Å². The lowest BCUT2D eigenvalue weighted by Crippen LogP contribution is -2.46. The minimum Gasteiger partial charge on any atom is -0.349 e. The van der Waals surface area contributed by atoms with Gasteiger partial charge in [-0.15, -0.1) is 0 Å². The molecule has 8 heteroatoms. The molecule has 2 rings (SSSR count). The van der Waals surface area contributed by atoms with Crippen molar-refractivity contribution in [2.75, 3.05) is 27.2 Å². The molecule has 1 fully saturated rings. The Bertz CT molecular complexity index is 451. The number of aromatic amines is 1. The van der Waals surface area contributed by atoms with Crippen LogP contribution >= 0.6 is 0 Å². The van der Waals surface area contributed by atoms with Gasteiger partial charge in [0.05, 0.1) is 6.54 Å². The number of likely N-dealkylation sites (tertiary alicyclic amines) is 1. The molecule has 0 unspecified atom stereocenters. The fourth-order valence-corrected chi connectivity index (χ4v) is 2.25. The van der Waals surface area contributed by atoms with Gasteiger partial charge in [-0.3, -0.25) is 9.89 Å². The quantitative estimate of drug-likeness (QED) is 0.802. The maximum atomic E-state index is 12.0. The number of nitrogens with one attached hydrogen (secondary N) is 2. The molecular weight excluding hydrogens is 260 g/mol. The summed E-state index contributed by atoms with van der Waals surface area (Å²) in [4.78, 5) is 31.1. The number of H-pyrrole nitrogens is 1. The van der Waals surface area contributed by atoms with Crippen LogP contribution in [0.5, 0.6) is 0 Å². The standard InChI is InChI=1S/C12H20N6O2/c1-17(2)12(20)18-5-3-9(4-6-18)11(19)13-7-10-14-8-15-16-10/h8-9H,3-7H2,1-2H3,(H,13,19)(H,14,15,16). The molecule has 110 valence electrons. The number of carbonyl (C=O) groups excluding carboxylic acids is 2. The minimum absolute atomic E-state index is 0.00511. The zero-order valence-corrected chi connectivity index (χ0v) is 11.8. The summed E-state index contributed by atoms with van der Waals surface area (Å²) in [5.74, 6) is 0.612. The second-order valence-electron chi connectivity index (χ2n) is 5.09. The highest BCUT2D eigenvalue weighted by molar-refractivity contribution is 5.79. The van der Waals surface area contributed by atoms with Crippen LogP contribution in [0.3, 0.4) is 0 Å². The van der Waals surface area contributed by atoms with Gasteiger partial charge in [-0.2, -0.15) is 5.10 Å². The topological polar surface area (TPSA) is 94.2 Å². The maximum absolute atomic E-state index is 12.0. The number of rotatable bonds is 3. The van der Waals surface area contributed by atoms with E-state index in [1.807, 2.05) is 0 Å². The Morgan fingerprint density at radius 2 is 2.15 bits per heavy atom. The first-order valence-electron chi connectivity index (χ1n) is 6.66. The molecule has 1 aliphatic heterocycles. The average Bonchev–Trinajstić information content (AvgIpc) is 2.97. The maximum Gasteiger partial charge on any atom is 0.319 e. The molecule has 0 radical (unpaired) electrons. The lowest BCUT2D eigenvalue weighted by Gasteiger charge is -2.33. The zero-order chi connectivity index (χ0) is 14.5. The highest BCUT2D eigenvalue weighted by atomic mass is 16.2. The molecule has 1 saturated heterocycles. The van der Waals surface area contributed by atoms with Gasteiger partial charge in [0.15, 0.2) is 0 Å². The van der Waals surface area contributed by atoms with E-state index in [-0.39, 0.29) is 17.9 Å². The number of hydrogen-bond acceptors (Lipinski definition) is 4. The third kappa shape index (κ3) is 3.46. The third-order valence-corrected chi connectivity index (χ3v) is 3.41. The van der Waals surface area contributed by atoms with E-state index in [0.29, 0.717) is 38.3 Å². The number of carbonyl (C=O) groups is 2. The normalized spacial score (nSPS) is 16.0. The molecule has 3 amide bonds. The largest absolute Gasteiger partial charge is 0.349 e. The summed E-state index contributed by atoms with van der Waals surface area (Å²) < 4.78 is 0. The van der Waals surface area contributed by atoms with Crippen molar-refractivity contribution in [1.82, 2.24) is 30.3 Å². The molecule has 0 spiro atoms. The van der Waals surface area contributed by atoms with Crippen molar-refractivity contribution >= 4 is 11.9 Å². The van der Waals surface area contributed by atoms with Crippen LogP contribution in [0, 0.1) is 5.92 Å². The predicted molar refractivity (Wildman–Crippen MR) is 71.6 cm³/mol. The monoisotopic (exact) mass is 280 g/mol. The van der Waals surface area contributed by atoms with E-state index in [2.05, 4.69) is 20.5 Å². The number of urea groups is 1. The van der Waals surface area contributed by atoms with Crippen LogP contribution in [0.25, 0.3) is 0 Å². The van der Waals surface area contributed by atoms with Crippen LogP contribution < -0.4 is 5.32 Å². The Hall–Kier alpha value is -2.12. The van der Waals surface area contributed by atoms with E-state index >= 15 is 0 Å². The second-order valence-corrected chi connectivity index (χ2v) is 5.09. The van der Waals surface area contributed by atoms with Gasteiger partial charge in [0.25, 0.3) is 0 Å². The van der Waals surface area contributed by atoms with E-state index in [1.165, 1.54) is 6.33 Å². The molecular formula is C12H20N6O2. The Labute approximate surface area is 117 Å². The molecule has 1 aromatic rings. The number of aromatic nitrogens is 3. The first-order valence-corrected chi connectivity index (χ1v) is 6.66. The molecule has 2 N–H and O–H groups in total. The SMILES string of the molecule is CN(C)C(=O)N1CCC(C(=O)NCc2ncn[nH]2)CC1. The molecule has 1 aliphatic rings. The van der Waals surface area contributed by atoms with Crippen LogP contribution in [0.15, 0.2) is 6.33 Å². The van der Waals surface area contributed by atoms with Gasteiger partial charge < -0.3 is 15.1 Å². The highest BCUT2D eigenvalue weighted by Gasteiger charge is 2.27. The van der Waals surface area contributed by atoms with E-state index in [9.17, 15) is 9.59 Å². The van der Waals surface area contributed by atoms with Crippen molar-refractivity contribution in [3.63, 3.8) is 0 Å². The van der Waals surface area contributed by atoms with Crippen LogP contribution in [0.4, 0.5) is 4.79 Å². The molecule has 0 aromatic carbocycles. The van der Waals surface area contributed by atoms with Crippen molar-refractivity contribution in [2.24, 2.45) is 5.92 Å². The lowest BCUT2D eigenvalue weighted by atomic mass is 9.96. The van der Waals surface area contributed by atoms with Gasteiger partial charge in [0.2, 0.25) is 5.91 Å². The van der Waals surface area contributed by atoms with Crippen molar-refractivity contribution in [3.05, 3.63) is 12.2 Å². The predicted octanol–water partition coefficient (Wildman–Crippen LogP) is -0.185. The van der Waals surface area contributed by atoms with Crippen LogP contribution in [-0.4, -0.2) is 64.1 Å². The highest BCUT2D eigenvalue weighted by Crippen LogP contribution is 2.18. The Balaban J connectivity index is 1.75. The summed E-state index contributed by atoms with van der Waals surface area (Å²) in [6, 6.07) is 0.00511. The van der Waals surface area contributed by atoms with Gasteiger partial charge in [-0.05, 0) is 12.8 Å². The summed E-state index contributed by atoms with van der Waals surface area (Å²) in [7, 11) is 3.47. The average molecular weight is 280 g/mol. The van der Waals surface area contributed by atoms with Crippen LogP contribution in [-0.2, 0) is 11.3 Å². The molecule has 0 aliphatic carbocycles. The molecule has 8 nitrogen and oxygen atoms in total. The molecule has 0 atom stereocenters. The van der Waals surface area contributed by atoms with Crippen molar-refractivity contribution < 1.29 is 9.59 Å². The number of piperidine rings is 1. The second kappa shape index (κ2) is 6.36. The van der Waals surface area contributed by atoms with Gasteiger partial charge in [0, 0.05) is 33.1 Å². The first kappa shape index (κ1) is 14.3. The number of nitrogens with zero attached hydrogens (tertiary/aromatic N) is 4. The Morgan fingerprint density at radius 1 is 1.45 bits per heavy atom. The van der Waals surface area contributed by atoms with Gasteiger partial charge in [-0.25, -0.2) is 9.78 Å². The smallest absolute Gasteiger partial charge is 0.319 e. The number of hydrogen-bond donors (Lipinski definition) is 2. The Morgan fingerprint density at radius 3 is 2.70 bits per heavy atom. The lowest BCUT2D eigenvalue weighted by molar-refractivity contribution is -0.126. The van der Waals surface area contributed by atoms with E-state index in [0.717, 1.165) is 0 Å². The summed E-state index contributed by atoms with van der Waals surface area (Å²) in [6.45, 7) is 1.60. The first-order chi connectivity index (χ1) is 9.58. The third-order valence-electron chi connectivity index (χ3n) is 3.41. The van der Waals surface area contributed by atoms with Crippen molar-refractivity contribution in [1.29, 1.82) is 0 Å². The Kier molecular flexibility index (Phi) is 4.54. The summed E-state index contributed by atoms with van der Waals surface area (Å²) in [6.07, 6.45) is 2.80.